The van der Waals surface area contributed by atoms with E-state index >= 15 is 0 Å². The third-order valence-electron chi connectivity index (χ3n) is 2.83. The van der Waals surface area contributed by atoms with Crippen molar-refractivity contribution in [2.24, 2.45) is 5.84 Å². The fourth-order valence-corrected chi connectivity index (χ4v) is 2.69. The van der Waals surface area contributed by atoms with Crippen molar-refractivity contribution in [3.63, 3.8) is 0 Å². The molecule has 2 aromatic rings. The number of nitrogens with one attached hydrogen (secondary N) is 1. The number of halogens is 3. The molecule has 0 aromatic heterocycles. The molecule has 1 atom stereocenters. The van der Waals surface area contributed by atoms with Crippen LogP contribution in [0.4, 0.5) is 4.39 Å². The zero-order valence-electron chi connectivity index (χ0n) is 10.3. The monoisotopic (exact) mass is 342 g/mol. The van der Waals surface area contributed by atoms with Crippen molar-refractivity contribution in [3.8, 4) is 0 Å². The van der Waals surface area contributed by atoms with Crippen LogP contribution in [0.2, 0.25) is 5.02 Å². The van der Waals surface area contributed by atoms with Crippen LogP contribution in [-0.4, -0.2) is 0 Å². The van der Waals surface area contributed by atoms with Crippen molar-refractivity contribution in [3.05, 3.63) is 68.4 Å². The van der Waals surface area contributed by atoms with Crippen LogP contribution in [0.15, 0.2) is 40.9 Å². The first kappa shape index (κ1) is 14.5. The molecule has 0 amide bonds. The molecule has 0 spiro atoms. The average molecular weight is 344 g/mol. The molecule has 0 aliphatic rings. The zero-order chi connectivity index (χ0) is 14.0. The lowest BCUT2D eigenvalue weighted by atomic mass is 9.98. The molecule has 0 saturated carbocycles. The van der Waals surface area contributed by atoms with E-state index in [2.05, 4.69) is 21.4 Å². The number of aryl methyl sites for hydroxylation is 1. The Balaban J connectivity index is 2.52. The van der Waals surface area contributed by atoms with Gasteiger partial charge in [0.15, 0.2) is 0 Å². The van der Waals surface area contributed by atoms with Crippen LogP contribution in [-0.2, 0) is 0 Å². The maximum atomic E-state index is 13.5. The average Bonchev–Trinajstić information content (AvgIpc) is 2.33. The molecular formula is C14H13BrClFN2. The van der Waals surface area contributed by atoms with Gasteiger partial charge in [0.05, 0.1) is 6.04 Å². The molecule has 0 fully saturated rings. The smallest absolute Gasteiger partial charge is 0.123 e. The summed E-state index contributed by atoms with van der Waals surface area (Å²) in [6.45, 7) is 1.84. The highest BCUT2D eigenvalue weighted by atomic mass is 79.9. The Morgan fingerprint density at radius 2 is 2.00 bits per heavy atom. The fraction of sp³-hybridized carbons (Fsp3) is 0.143. The van der Waals surface area contributed by atoms with E-state index in [4.69, 9.17) is 17.4 Å². The number of nitrogens with two attached hydrogens (primary N) is 1. The number of hydrazine groups is 1. The van der Waals surface area contributed by atoms with Gasteiger partial charge in [-0.2, -0.15) is 0 Å². The quantitative estimate of drug-likeness (QED) is 0.650. The van der Waals surface area contributed by atoms with Crippen molar-refractivity contribution in [2.75, 3.05) is 0 Å². The number of benzene rings is 2. The van der Waals surface area contributed by atoms with Gasteiger partial charge < -0.3 is 0 Å². The Kier molecular flexibility index (Phi) is 4.58. The summed E-state index contributed by atoms with van der Waals surface area (Å²) < 4.78 is 14.4. The normalized spacial score (nSPS) is 12.5. The predicted octanol–water partition coefficient (Wildman–Crippen LogP) is 4.10. The molecule has 2 nitrogen and oxygen atoms in total. The summed E-state index contributed by atoms with van der Waals surface area (Å²) in [5.41, 5.74) is 5.16. The van der Waals surface area contributed by atoms with E-state index in [1.54, 1.807) is 12.1 Å². The van der Waals surface area contributed by atoms with Gasteiger partial charge in [0.25, 0.3) is 0 Å². The van der Waals surface area contributed by atoms with E-state index < -0.39 is 0 Å². The molecule has 0 heterocycles. The summed E-state index contributed by atoms with van der Waals surface area (Å²) in [6.07, 6.45) is 0. The van der Waals surface area contributed by atoms with Gasteiger partial charge in [-0.1, -0.05) is 33.6 Å². The van der Waals surface area contributed by atoms with Crippen molar-refractivity contribution >= 4 is 27.5 Å². The van der Waals surface area contributed by atoms with Crippen LogP contribution >= 0.6 is 27.5 Å². The minimum atomic E-state index is -0.331. The first-order valence-corrected chi connectivity index (χ1v) is 6.86. The Labute approximate surface area is 124 Å². The van der Waals surface area contributed by atoms with Crippen LogP contribution in [0.1, 0.15) is 22.7 Å². The zero-order valence-corrected chi connectivity index (χ0v) is 12.6. The van der Waals surface area contributed by atoms with Crippen LogP contribution < -0.4 is 11.3 Å². The minimum absolute atomic E-state index is 0.284. The van der Waals surface area contributed by atoms with Crippen LogP contribution in [0.3, 0.4) is 0 Å². The molecule has 100 valence electrons. The second-order valence-corrected chi connectivity index (χ2v) is 5.62. The third-order valence-corrected chi connectivity index (χ3v) is 3.79. The van der Waals surface area contributed by atoms with Gasteiger partial charge in [0.2, 0.25) is 0 Å². The van der Waals surface area contributed by atoms with Crippen molar-refractivity contribution in [1.82, 2.24) is 5.43 Å². The van der Waals surface area contributed by atoms with Gasteiger partial charge in [-0.15, -0.1) is 0 Å². The summed E-state index contributed by atoms with van der Waals surface area (Å²) >= 11 is 9.46. The number of hydrogen-bond donors (Lipinski definition) is 2. The first-order chi connectivity index (χ1) is 9.01. The number of hydrogen-bond acceptors (Lipinski definition) is 2. The lowest BCUT2D eigenvalue weighted by molar-refractivity contribution is 0.603. The SMILES string of the molecule is Cc1cc(F)cc(C(NN)c2cc(Cl)ccc2Br)c1. The lowest BCUT2D eigenvalue weighted by Gasteiger charge is -2.19. The summed E-state index contributed by atoms with van der Waals surface area (Å²) in [5, 5.41) is 0.603. The fourth-order valence-electron chi connectivity index (χ4n) is 2.03. The predicted molar refractivity (Wildman–Crippen MR) is 79.5 cm³/mol. The molecule has 0 aliphatic heterocycles. The van der Waals surface area contributed by atoms with Crippen LogP contribution in [0.25, 0.3) is 0 Å². The lowest BCUT2D eigenvalue weighted by Crippen LogP contribution is -2.29. The van der Waals surface area contributed by atoms with Gasteiger partial charge in [-0.3, -0.25) is 5.84 Å². The van der Waals surface area contributed by atoms with Crippen molar-refractivity contribution in [1.29, 1.82) is 0 Å². The first-order valence-electron chi connectivity index (χ1n) is 5.69. The summed E-state index contributed by atoms with van der Waals surface area (Å²) in [4.78, 5) is 0. The van der Waals surface area contributed by atoms with Gasteiger partial charge in [-0.05, 0) is 53.9 Å². The molecule has 5 heteroatoms. The Morgan fingerprint density at radius 1 is 1.26 bits per heavy atom. The molecule has 0 aliphatic carbocycles. The van der Waals surface area contributed by atoms with E-state index in [-0.39, 0.29) is 11.9 Å². The third kappa shape index (κ3) is 3.34. The highest BCUT2D eigenvalue weighted by Crippen LogP contribution is 2.31. The molecular weight excluding hydrogens is 331 g/mol. The molecule has 0 saturated heterocycles. The standard InChI is InChI=1S/C14H13BrClFN2/c1-8-4-9(6-11(17)5-8)14(19-18)12-7-10(16)2-3-13(12)15/h2-7,14,19H,18H2,1H3. The van der Waals surface area contributed by atoms with Crippen molar-refractivity contribution < 1.29 is 4.39 Å². The van der Waals surface area contributed by atoms with Gasteiger partial charge in [-0.25, -0.2) is 9.82 Å². The van der Waals surface area contributed by atoms with Gasteiger partial charge in [0.1, 0.15) is 5.82 Å². The van der Waals surface area contributed by atoms with E-state index in [9.17, 15) is 4.39 Å². The Morgan fingerprint density at radius 3 is 2.63 bits per heavy atom. The molecule has 1 unspecified atom stereocenters. The molecule has 19 heavy (non-hydrogen) atoms. The molecule has 0 radical (unpaired) electrons. The van der Waals surface area contributed by atoms with Crippen LogP contribution in [0.5, 0.6) is 0 Å². The Bertz CT molecular complexity index is 584. The molecule has 2 aromatic carbocycles. The highest BCUT2D eigenvalue weighted by molar-refractivity contribution is 9.10. The van der Waals surface area contributed by atoms with Crippen molar-refractivity contribution in [2.45, 2.75) is 13.0 Å². The maximum absolute atomic E-state index is 13.5. The van der Waals surface area contributed by atoms with Gasteiger partial charge in [0, 0.05) is 9.50 Å². The summed E-state index contributed by atoms with van der Waals surface area (Å²) in [5.74, 6) is 5.34. The van der Waals surface area contributed by atoms with E-state index in [1.165, 1.54) is 12.1 Å². The Hall–Kier alpha value is -0.940. The van der Waals surface area contributed by atoms with E-state index in [0.29, 0.717) is 5.02 Å². The minimum Gasteiger partial charge on any atom is -0.271 e. The van der Waals surface area contributed by atoms with E-state index in [1.807, 2.05) is 19.1 Å². The van der Waals surface area contributed by atoms with E-state index in [0.717, 1.165) is 21.2 Å². The summed E-state index contributed by atoms with van der Waals surface area (Å²) in [7, 11) is 0. The van der Waals surface area contributed by atoms with Crippen LogP contribution in [0, 0.1) is 12.7 Å². The highest BCUT2D eigenvalue weighted by Gasteiger charge is 2.17. The number of rotatable bonds is 3. The molecule has 3 N–H and O–H groups in total. The largest absolute Gasteiger partial charge is 0.271 e. The second-order valence-electron chi connectivity index (χ2n) is 4.33. The summed E-state index contributed by atoms with van der Waals surface area (Å²) in [6, 6.07) is 9.92. The molecule has 2 rings (SSSR count). The maximum Gasteiger partial charge on any atom is 0.123 e. The topological polar surface area (TPSA) is 38.0 Å². The second kappa shape index (κ2) is 6.01. The van der Waals surface area contributed by atoms with Gasteiger partial charge >= 0.3 is 0 Å². The molecule has 0 bridgehead atoms.